The van der Waals surface area contributed by atoms with Crippen LogP contribution in [0, 0.1) is 5.92 Å². The van der Waals surface area contributed by atoms with E-state index in [9.17, 15) is 4.79 Å². The highest BCUT2D eigenvalue weighted by Crippen LogP contribution is 2.45. The molecule has 5 heteroatoms. The predicted molar refractivity (Wildman–Crippen MR) is 76.0 cm³/mol. The minimum Gasteiger partial charge on any atom is -0.346 e. The fourth-order valence-electron chi connectivity index (χ4n) is 1.85. The van der Waals surface area contributed by atoms with E-state index in [0.717, 1.165) is 18.4 Å². The fraction of sp³-hybridized carbons (Fsp3) is 0.462. The molecule has 100 valence electrons. The van der Waals surface area contributed by atoms with Gasteiger partial charge >= 0.3 is 0 Å². The summed E-state index contributed by atoms with van der Waals surface area (Å²) < 4.78 is 0. The van der Waals surface area contributed by atoms with Crippen molar-refractivity contribution < 1.29 is 4.79 Å². The lowest BCUT2D eigenvalue weighted by molar-refractivity contribution is -0.125. The maximum atomic E-state index is 11.9. The smallest absolute Gasteiger partial charge is 0.224 e. The van der Waals surface area contributed by atoms with Gasteiger partial charge in [-0.05, 0) is 30.5 Å². The number of carbonyl (C=O) groups is 1. The molecule has 1 amide bonds. The Morgan fingerprint density at radius 3 is 2.44 bits per heavy atom. The number of benzene rings is 1. The SMILES string of the molecule is CC(CN)C(=O)NC1(c2ccc(Cl)cc2)CC1.Cl. The molecular formula is C13H18Cl2N2O. The number of halogens is 2. The van der Waals surface area contributed by atoms with Crippen LogP contribution in [0.2, 0.25) is 5.02 Å². The average Bonchev–Trinajstić information content (AvgIpc) is 3.09. The first-order chi connectivity index (χ1) is 8.07. The minimum atomic E-state index is -0.175. The standard InChI is InChI=1S/C13H17ClN2O.ClH/c1-9(8-15)12(17)16-13(6-7-13)10-2-4-11(14)5-3-10;/h2-5,9H,6-8,15H2,1H3,(H,16,17);1H. The number of hydrogen-bond acceptors (Lipinski definition) is 2. The molecule has 1 saturated carbocycles. The topological polar surface area (TPSA) is 55.1 Å². The summed E-state index contributed by atoms with van der Waals surface area (Å²) in [5.41, 5.74) is 6.44. The normalized spacial score (nSPS) is 17.5. The van der Waals surface area contributed by atoms with Crippen LogP contribution in [0.4, 0.5) is 0 Å². The molecule has 0 heterocycles. The van der Waals surface area contributed by atoms with Crippen molar-refractivity contribution in [1.29, 1.82) is 0 Å². The van der Waals surface area contributed by atoms with Gasteiger partial charge in [-0.25, -0.2) is 0 Å². The van der Waals surface area contributed by atoms with Crippen LogP contribution < -0.4 is 11.1 Å². The molecular weight excluding hydrogens is 271 g/mol. The van der Waals surface area contributed by atoms with Crippen molar-refractivity contribution in [3.8, 4) is 0 Å². The Morgan fingerprint density at radius 1 is 1.44 bits per heavy atom. The van der Waals surface area contributed by atoms with Gasteiger partial charge in [-0.15, -0.1) is 12.4 Å². The average molecular weight is 289 g/mol. The first-order valence-electron chi connectivity index (χ1n) is 5.85. The van der Waals surface area contributed by atoms with Crippen LogP contribution in [0.1, 0.15) is 25.3 Å². The van der Waals surface area contributed by atoms with Gasteiger partial charge in [0.05, 0.1) is 5.54 Å². The van der Waals surface area contributed by atoms with E-state index in [2.05, 4.69) is 5.32 Å². The van der Waals surface area contributed by atoms with Crippen molar-refractivity contribution >= 4 is 29.9 Å². The van der Waals surface area contributed by atoms with Crippen molar-refractivity contribution in [2.75, 3.05) is 6.54 Å². The molecule has 1 unspecified atom stereocenters. The van der Waals surface area contributed by atoms with E-state index in [-0.39, 0.29) is 29.8 Å². The third-order valence-electron chi connectivity index (χ3n) is 3.31. The summed E-state index contributed by atoms with van der Waals surface area (Å²) in [5.74, 6) is -0.111. The molecule has 0 saturated heterocycles. The van der Waals surface area contributed by atoms with Gasteiger partial charge in [0.25, 0.3) is 0 Å². The molecule has 3 N–H and O–H groups in total. The predicted octanol–water partition coefficient (Wildman–Crippen LogP) is 2.46. The number of carbonyl (C=O) groups excluding carboxylic acids is 1. The summed E-state index contributed by atoms with van der Waals surface area (Å²) in [4.78, 5) is 11.9. The molecule has 3 nitrogen and oxygen atoms in total. The molecule has 1 aromatic rings. The Labute approximate surface area is 118 Å². The maximum Gasteiger partial charge on any atom is 0.224 e. The molecule has 1 atom stereocenters. The van der Waals surface area contributed by atoms with Gasteiger partial charge < -0.3 is 11.1 Å². The van der Waals surface area contributed by atoms with Crippen LogP contribution in [0.3, 0.4) is 0 Å². The van der Waals surface area contributed by atoms with Gasteiger partial charge in [0, 0.05) is 17.5 Å². The lowest BCUT2D eigenvalue weighted by Gasteiger charge is -2.20. The molecule has 1 aliphatic carbocycles. The molecule has 2 rings (SSSR count). The van der Waals surface area contributed by atoms with Crippen molar-refractivity contribution in [3.63, 3.8) is 0 Å². The highest BCUT2D eigenvalue weighted by Gasteiger charge is 2.45. The van der Waals surface area contributed by atoms with Crippen molar-refractivity contribution in [2.24, 2.45) is 11.7 Å². The van der Waals surface area contributed by atoms with Gasteiger partial charge in [-0.3, -0.25) is 4.79 Å². The van der Waals surface area contributed by atoms with E-state index in [1.54, 1.807) is 0 Å². The summed E-state index contributed by atoms with van der Waals surface area (Å²) in [5, 5.41) is 3.81. The zero-order valence-corrected chi connectivity index (χ0v) is 11.9. The number of rotatable bonds is 4. The first-order valence-corrected chi connectivity index (χ1v) is 6.23. The Kier molecular flexibility index (Phi) is 5.02. The second kappa shape index (κ2) is 5.91. The Bertz CT molecular complexity index is 416. The van der Waals surface area contributed by atoms with E-state index >= 15 is 0 Å². The highest BCUT2D eigenvalue weighted by molar-refractivity contribution is 6.30. The van der Waals surface area contributed by atoms with E-state index < -0.39 is 0 Å². The number of hydrogen-bond donors (Lipinski definition) is 2. The van der Waals surface area contributed by atoms with Crippen LogP contribution in [0.15, 0.2) is 24.3 Å². The van der Waals surface area contributed by atoms with E-state index in [1.165, 1.54) is 0 Å². The van der Waals surface area contributed by atoms with E-state index in [1.807, 2.05) is 31.2 Å². The lowest BCUT2D eigenvalue weighted by Crippen LogP contribution is -2.40. The maximum absolute atomic E-state index is 11.9. The van der Waals surface area contributed by atoms with Crippen LogP contribution in [-0.4, -0.2) is 12.5 Å². The van der Waals surface area contributed by atoms with E-state index in [0.29, 0.717) is 11.6 Å². The molecule has 0 aromatic heterocycles. The summed E-state index contributed by atoms with van der Waals surface area (Å²) >= 11 is 5.86. The monoisotopic (exact) mass is 288 g/mol. The number of nitrogens with one attached hydrogen (secondary N) is 1. The van der Waals surface area contributed by atoms with Crippen LogP contribution >= 0.6 is 24.0 Å². The quantitative estimate of drug-likeness (QED) is 0.894. The van der Waals surface area contributed by atoms with Crippen LogP contribution in [0.25, 0.3) is 0 Å². The van der Waals surface area contributed by atoms with Gasteiger partial charge in [0.15, 0.2) is 0 Å². The van der Waals surface area contributed by atoms with Gasteiger partial charge in [-0.1, -0.05) is 30.7 Å². The zero-order chi connectivity index (χ0) is 12.5. The van der Waals surface area contributed by atoms with Crippen LogP contribution in [0.5, 0.6) is 0 Å². The molecule has 1 aliphatic rings. The second-order valence-corrected chi connectivity index (χ2v) is 5.15. The first kappa shape index (κ1) is 15.3. The van der Waals surface area contributed by atoms with Crippen LogP contribution in [-0.2, 0) is 10.3 Å². The Hall–Kier alpha value is -0.770. The largest absolute Gasteiger partial charge is 0.346 e. The van der Waals surface area contributed by atoms with Gasteiger partial charge in [-0.2, -0.15) is 0 Å². The summed E-state index contributed by atoms with van der Waals surface area (Å²) in [7, 11) is 0. The molecule has 0 radical (unpaired) electrons. The van der Waals surface area contributed by atoms with Gasteiger partial charge in [0.1, 0.15) is 0 Å². The molecule has 0 bridgehead atoms. The summed E-state index contributed by atoms with van der Waals surface area (Å²) in [6.07, 6.45) is 1.97. The van der Waals surface area contributed by atoms with Crippen molar-refractivity contribution in [1.82, 2.24) is 5.32 Å². The molecule has 0 spiro atoms. The molecule has 0 aliphatic heterocycles. The lowest BCUT2D eigenvalue weighted by atomic mass is 10.0. The number of nitrogens with two attached hydrogens (primary N) is 1. The second-order valence-electron chi connectivity index (χ2n) is 4.72. The highest BCUT2D eigenvalue weighted by atomic mass is 35.5. The number of amides is 1. The van der Waals surface area contributed by atoms with Gasteiger partial charge in [0.2, 0.25) is 5.91 Å². The minimum absolute atomic E-state index is 0. The Morgan fingerprint density at radius 2 is 2.00 bits per heavy atom. The fourth-order valence-corrected chi connectivity index (χ4v) is 1.97. The third-order valence-corrected chi connectivity index (χ3v) is 3.56. The zero-order valence-electron chi connectivity index (χ0n) is 10.3. The molecule has 1 aromatic carbocycles. The molecule has 18 heavy (non-hydrogen) atoms. The molecule has 1 fully saturated rings. The summed E-state index contributed by atoms with van der Waals surface area (Å²) in [6, 6.07) is 7.66. The van der Waals surface area contributed by atoms with Crippen molar-refractivity contribution in [2.45, 2.75) is 25.3 Å². The third kappa shape index (κ3) is 3.16. The van der Waals surface area contributed by atoms with Crippen molar-refractivity contribution in [3.05, 3.63) is 34.9 Å². The van der Waals surface area contributed by atoms with E-state index in [4.69, 9.17) is 17.3 Å². The summed E-state index contributed by atoms with van der Waals surface area (Å²) in [6.45, 7) is 2.22. The Balaban J connectivity index is 0.00000162.